The standard InChI is InChI=1S/C8H12N2O2.C7H11N3O2/c1-6(8(11)12)3-7-4-9-5-10(7)2;1-10-4-9-3-5(10)2-6(8)7(11)12/h4-6H,3H2,1-2H3,(H,11,12);3-4,6H,2,8H2,1H3,(H,11,12)/t2*6-/m00/s1. The van der Waals surface area contributed by atoms with Crippen LogP contribution in [0, 0.1) is 5.92 Å². The molecule has 0 spiro atoms. The van der Waals surface area contributed by atoms with Crippen molar-refractivity contribution in [3.8, 4) is 0 Å². The van der Waals surface area contributed by atoms with Gasteiger partial charge in [0.2, 0.25) is 0 Å². The van der Waals surface area contributed by atoms with Gasteiger partial charge in [0.15, 0.2) is 0 Å². The summed E-state index contributed by atoms with van der Waals surface area (Å²) in [7, 11) is 3.66. The van der Waals surface area contributed by atoms with E-state index in [0.29, 0.717) is 12.8 Å². The minimum absolute atomic E-state index is 0.311. The second-order valence-corrected chi connectivity index (χ2v) is 5.58. The van der Waals surface area contributed by atoms with Crippen LogP contribution in [0.5, 0.6) is 0 Å². The van der Waals surface area contributed by atoms with Crippen molar-refractivity contribution in [3.63, 3.8) is 0 Å². The largest absolute Gasteiger partial charge is 0.481 e. The fourth-order valence-electron chi connectivity index (χ4n) is 1.88. The normalized spacial score (nSPS) is 12.8. The number of rotatable bonds is 6. The number of aliphatic carboxylic acids is 2. The number of hydrogen-bond donors (Lipinski definition) is 3. The molecule has 0 radical (unpaired) electrons. The van der Waals surface area contributed by atoms with E-state index in [1.165, 1.54) is 0 Å². The number of aryl methyl sites for hydroxylation is 2. The van der Waals surface area contributed by atoms with E-state index in [1.807, 2.05) is 11.6 Å². The van der Waals surface area contributed by atoms with Crippen molar-refractivity contribution in [1.29, 1.82) is 0 Å². The van der Waals surface area contributed by atoms with E-state index in [2.05, 4.69) is 9.97 Å². The van der Waals surface area contributed by atoms with Crippen LogP contribution in [0.25, 0.3) is 0 Å². The van der Waals surface area contributed by atoms with E-state index in [-0.39, 0.29) is 5.92 Å². The number of carboxylic acid groups (broad SMARTS) is 2. The van der Waals surface area contributed by atoms with Gasteiger partial charge in [0.1, 0.15) is 6.04 Å². The van der Waals surface area contributed by atoms with Gasteiger partial charge in [-0.25, -0.2) is 9.97 Å². The number of nitrogens with two attached hydrogens (primary N) is 1. The van der Waals surface area contributed by atoms with Gasteiger partial charge < -0.3 is 25.1 Å². The van der Waals surface area contributed by atoms with E-state index in [9.17, 15) is 9.59 Å². The van der Waals surface area contributed by atoms with Crippen LogP contribution in [-0.2, 0) is 36.5 Å². The van der Waals surface area contributed by atoms with Crippen molar-refractivity contribution in [2.75, 3.05) is 0 Å². The molecule has 2 heterocycles. The van der Waals surface area contributed by atoms with Crippen LogP contribution in [0.4, 0.5) is 0 Å². The smallest absolute Gasteiger partial charge is 0.320 e. The van der Waals surface area contributed by atoms with Crippen molar-refractivity contribution in [2.45, 2.75) is 25.8 Å². The topological polar surface area (TPSA) is 136 Å². The van der Waals surface area contributed by atoms with E-state index in [4.69, 9.17) is 15.9 Å². The summed E-state index contributed by atoms with van der Waals surface area (Å²) in [6.45, 7) is 1.69. The summed E-state index contributed by atoms with van der Waals surface area (Å²) in [6.07, 6.45) is 7.44. The van der Waals surface area contributed by atoms with E-state index < -0.39 is 18.0 Å². The molecule has 2 aromatic rings. The Kier molecular flexibility index (Phi) is 7.12. The molecular weight excluding hydrogens is 314 g/mol. The van der Waals surface area contributed by atoms with Crippen LogP contribution < -0.4 is 5.73 Å². The van der Waals surface area contributed by atoms with Crippen LogP contribution >= 0.6 is 0 Å². The summed E-state index contributed by atoms with van der Waals surface area (Å²) in [5.41, 5.74) is 7.11. The Hall–Kier alpha value is -2.68. The molecule has 0 aliphatic carbocycles. The first-order valence-electron chi connectivity index (χ1n) is 7.34. The second kappa shape index (κ2) is 8.82. The molecular formula is C15H23N5O4. The van der Waals surface area contributed by atoms with Gasteiger partial charge in [-0.05, 0) is 0 Å². The molecule has 2 atom stereocenters. The summed E-state index contributed by atoms with van der Waals surface area (Å²) < 4.78 is 3.59. The minimum atomic E-state index is -0.990. The van der Waals surface area contributed by atoms with E-state index in [0.717, 1.165) is 11.4 Å². The lowest BCUT2D eigenvalue weighted by molar-refractivity contribution is -0.141. The molecule has 0 unspecified atom stereocenters. The molecule has 0 saturated carbocycles. The Labute approximate surface area is 139 Å². The van der Waals surface area contributed by atoms with Gasteiger partial charge in [-0.2, -0.15) is 0 Å². The molecule has 0 saturated heterocycles. The molecule has 0 aromatic carbocycles. The van der Waals surface area contributed by atoms with Crippen molar-refractivity contribution >= 4 is 11.9 Å². The summed E-state index contributed by atoms with van der Waals surface area (Å²) in [6, 6.07) is -0.847. The molecule has 132 valence electrons. The molecule has 24 heavy (non-hydrogen) atoms. The second-order valence-electron chi connectivity index (χ2n) is 5.58. The number of aromatic nitrogens is 4. The zero-order valence-electron chi connectivity index (χ0n) is 14.0. The number of carboxylic acids is 2. The molecule has 9 nitrogen and oxygen atoms in total. The highest BCUT2D eigenvalue weighted by Gasteiger charge is 2.14. The lowest BCUT2D eigenvalue weighted by Crippen LogP contribution is -2.32. The van der Waals surface area contributed by atoms with Crippen LogP contribution in [0.1, 0.15) is 18.3 Å². The fraction of sp³-hybridized carbons (Fsp3) is 0.467. The lowest BCUT2D eigenvalue weighted by Gasteiger charge is -2.05. The third-order valence-corrected chi connectivity index (χ3v) is 3.52. The number of imidazole rings is 2. The average Bonchev–Trinajstić information content (AvgIpc) is 3.09. The van der Waals surface area contributed by atoms with Crippen molar-refractivity contribution in [2.24, 2.45) is 25.7 Å². The quantitative estimate of drug-likeness (QED) is 0.678. The van der Waals surface area contributed by atoms with Gasteiger partial charge in [0.25, 0.3) is 0 Å². The Bertz CT molecular complexity index is 621. The molecule has 2 rings (SSSR count). The first kappa shape index (κ1) is 19.4. The van der Waals surface area contributed by atoms with Gasteiger partial charge in [-0.1, -0.05) is 6.92 Å². The third-order valence-electron chi connectivity index (χ3n) is 3.52. The predicted octanol–water partition coefficient (Wildman–Crippen LogP) is 0.0578. The van der Waals surface area contributed by atoms with Gasteiger partial charge in [0, 0.05) is 50.7 Å². The molecule has 9 heteroatoms. The van der Waals surface area contributed by atoms with E-state index in [1.54, 1.807) is 43.6 Å². The molecule has 0 amide bonds. The zero-order chi connectivity index (χ0) is 18.3. The number of hydrogen-bond acceptors (Lipinski definition) is 5. The highest BCUT2D eigenvalue weighted by Crippen LogP contribution is 2.06. The highest BCUT2D eigenvalue weighted by atomic mass is 16.4. The fourth-order valence-corrected chi connectivity index (χ4v) is 1.88. The maximum absolute atomic E-state index is 10.5. The maximum Gasteiger partial charge on any atom is 0.320 e. The number of nitrogens with zero attached hydrogens (tertiary/aromatic N) is 4. The molecule has 0 aliphatic rings. The Morgan fingerprint density at radius 1 is 1.04 bits per heavy atom. The summed E-state index contributed by atoms with van der Waals surface area (Å²) in [4.78, 5) is 28.6. The van der Waals surface area contributed by atoms with Crippen LogP contribution in [-0.4, -0.2) is 47.3 Å². The van der Waals surface area contributed by atoms with Crippen molar-refractivity contribution in [1.82, 2.24) is 19.1 Å². The first-order chi connectivity index (χ1) is 11.2. The summed E-state index contributed by atoms with van der Waals surface area (Å²) in [5, 5.41) is 17.2. The molecule has 0 aliphatic heterocycles. The van der Waals surface area contributed by atoms with Crippen LogP contribution in [0.3, 0.4) is 0 Å². The van der Waals surface area contributed by atoms with Gasteiger partial charge >= 0.3 is 11.9 Å². The number of carbonyl (C=O) groups is 2. The maximum atomic E-state index is 10.5. The van der Waals surface area contributed by atoms with Gasteiger partial charge in [-0.3, -0.25) is 9.59 Å². The summed E-state index contributed by atoms with van der Waals surface area (Å²) >= 11 is 0. The molecule has 2 aromatic heterocycles. The van der Waals surface area contributed by atoms with Crippen LogP contribution in [0.2, 0.25) is 0 Å². The van der Waals surface area contributed by atoms with Gasteiger partial charge in [-0.15, -0.1) is 0 Å². The van der Waals surface area contributed by atoms with Gasteiger partial charge in [0.05, 0.1) is 18.6 Å². The lowest BCUT2D eigenvalue weighted by atomic mass is 10.1. The average molecular weight is 337 g/mol. The zero-order valence-corrected chi connectivity index (χ0v) is 14.0. The van der Waals surface area contributed by atoms with Crippen molar-refractivity contribution < 1.29 is 19.8 Å². The third kappa shape index (κ3) is 5.84. The van der Waals surface area contributed by atoms with Crippen molar-refractivity contribution in [3.05, 3.63) is 36.4 Å². The minimum Gasteiger partial charge on any atom is -0.481 e. The molecule has 4 N–H and O–H groups in total. The molecule has 0 fully saturated rings. The summed E-state index contributed by atoms with van der Waals surface area (Å²) in [5.74, 6) is -2.10. The first-order valence-corrected chi connectivity index (χ1v) is 7.34. The monoisotopic (exact) mass is 337 g/mol. The Balaban J connectivity index is 0.000000240. The highest BCUT2D eigenvalue weighted by molar-refractivity contribution is 5.73. The Morgan fingerprint density at radius 3 is 1.83 bits per heavy atom. The van der Waals surface area contributed by atoms with Crippen LogP contribution in [0.15, 0.2) is 25.0 Å². The SMILES string of the molecule is C[C@@H](Cc1cncn1C)C(=O)O.Cn1cncc1C[C@H](N)C(=O)O. The Morgan fingerprint density at radius 2 is 1.50 bits per heavy atom. The molecule has 0 bridgehead atoms. The van der Waals surface area contributed by atoms with E-state index >= 15 is 0 Å². The predicted molar refractivity (Wildman–Crippen MR) is 86.2 cm³/mol.